The third-order valence-corrected chi connectivity index (χ3v) is 3.53. The summed E-state index contributed by atoms with van der Waals surface area (Å²) >= 11 is 0. The average Bonchev–Trinajstić information content (AvgIpc) is 2.85. The van der Waals surface area contributed by atoms with Crippen molar-refractivity contribution in [2.45, 2.75) is 45.0 Å². The van der Waals surface area contributed by atoms with E-state index in [9.17, 15) is 0 Å². The monoisotopic (exact) mass is 276 g/mol. The lowest BCUT2D eigenvalue weighted by molar-refractivity contribution is -0.0727. The highest BCUT2D eigenvalue weighted by Gasteiger charge is 2.27. The summed E-state index contributed by atoms with van der Waals surface area (Å²) < 4.78 is 13.8. The van der Waals surface area contributed by atoms with E-state index >= 15 is 0 Å². The number of imidazole rings is 1. The summed E-state index contributed by atoms with van der Waals surface area (Å²) in [6, 6.07) is 0. The highest BCUT2D eigenvalue weighted by atomic mass is 16.5. The van der Waals surface area contributed by atoms with Gasteiger partial charge in [0.1, 0.15) is 11.9 Å². The Kier molecular flexibility index (Phi) is 3.48. The van der Waals surface area contributed by atoms with E-state index in [4.69, 9.17) is 9.47 Å². The molecule has 0 aromatic carbocycles. The van der Waals surface area contributed by atoms with Crippen LogP contribution in [0.1, 0.15) is 26.7 Å². The summed E-state index contributed by atoms with van der Waals surface area (Å²) in [6.07, 6.45) is 7.83. The summed E-state index contributed by atoms with van der Waals surface area (Å²) in [5.74, 6) is 1.34. The van der Waals surface area contributed by atoms with E-state index in [-0.39, 0.29) is 18.3 Å². The van der Waals surface area contributed by atoms with Crippen molar-refractivity contribution < 1.29 is 9.47 Å². The van der Waals surface area contributed by atoms with Crippen molar-refractivity contribution in [3.63, 3.8) is 0 Å². The molecular formula is C14H20N4O2. The van der Waals surface area contributed by atoms with Gasteiger partial charge in [-0.15, -0.1) is 0 Å². The van der Waals surface area contributed by atoms with Gasteiger partial charge in [0.15, 0.2) is 0 Å². The minimum absolute atomic E-state index is 0.119. The number of aromatic nitrogens is 3. The predicted octanol–water partition coefficient (Wildman–Crippen LogP) is 2.11. The Bertz CT molecular complexity index is 588. The molecule has 0 saturated carbocycles. The summed E-state index contributed by atoms with van der Waals surface area (Å²) in [5, 5.41) is 3.04. The van der Waals surface area contributed by atoms with Crippen LogP contribution in [0, 0.1) is 0 Å². The maximum absolute atomic E-state index is 6.10. The molecule has 3 heterocycles. The average molecular weight is 276 g/mol. The van der Waals surface area contributed by atoms with Crippen LogP contribution >= 0.6 is 0 Å². The van der Waals surface area contributed by atoms with Crippen LogP contribution in [-0.2, 0) is 4.74 Å². The number of hydrogen-bond acceptors (Lipinski definition) is 5. The summed E-state index contributed by atoms with van der Waals surface area (Å²) in [6.45, 7) is 4.16. The molecule has 0 bridgehead atoms. The maximum atomic E-state index is 6.10. The van der Waals surface area contributed by atoms with Gasteiger partial charge < -0.3 is 14.8 Å². The van der Waals surface area contributed by atoms with Crippen LogP contribution in [0.15, 0.2) is 18.6 Å². The van der Waals surface area contributed by atoms with Crippen molar-refractivity contribution in [2.24, 2.45) is 0 Å². The lowest BCUT2D eigenvalue weighted by atomic mass is 10.0. The van der Waals surface area contributed by atoms with Crippen molar-refractivity contribution in [1.82, 2.24) is 14.4 Å². The molecule has 2 atom stereocenters. The molecule has 1 aliphatic rings. The number of rotatable bonds is 3. The second-order valence-electron chi connectivity index (χ2n) is 5.31. The molecule has 1 N–H and O–H groups in total. The smallest absolute Gasteiger partial charge is 0.260 e. The topological polar surface area (TPSA) is 60.7 Å². The first-order valence-corrected chi connectivity index (χ1v) is 6.99. The molecule has 6 nitrogen and oxygen atoms in total. The number of anilines is 1. The third kappa shape index (κ3) is 2.56. The normalized spacial score (nSPS) is 26.6. The minimum atomic E-state index is 0.119. The molecule has 0 amide bonds. The zero-order chi connectivity index (χ0) is 14.1. The van der Waals surface area contributed by atoms with Gasteiger partial charge in [-0.25, -0.2) is 4.98 Å². The number of ether oxygens (including phenoxy) is 2. The van der Waals surface area contributed by atoms with E-state index in [1.165, 1.54) is 0 Å². The molecular weight excluding hydrogens is 256 g/mol. The molecule has 108 valence electrons. The van der Waals surface area contributed by atoms with Gasteiger partial charge >= 0.3 is 0 Å². The molecule has 20 heavy (non-hydrogen) atoms. The van der Waals surface area contributed by atoms with Crippen LogP contribution in [0.3, 0.4) is 0 Å². The first-order valence-electron chi connectivity index (χ1n) is 6.99. The van der Waals surface area contributed by atoms with E-state index < -0.39 is 0 Å². The number of nitrogens with zero attached hydrogens (tertiary/aromatic N) is 3. The maximum Gasteiger partial charge on any atom is 0.260 e. The Morgan fingerprint density at radius 1 is 1.35 bits per heavy atom. The second-order valence-corrected chi connectivity index (χ2v) is 5.31. The highest BCUT2D eigenvalue weighted by molar-refractivity contribution is 5.53. The largest absolute Gasteiger partial charge is 0.471 e. The number of nitrogens with one attached hydrogen (secondary N) is 1. The molecule has 2 aromatic heterocycles. The molecule has 0 spiro atoms. The van der Waals surface area contributed by atoms with Gasteiger partial charge in [0.2, 0.25) is 5.65 Å². The second kappa shape index (κ2) is 5.28. The van der Waals surface area contributed by atoms with E-state index in [2.05, 4.69) is 29.1 Å². The molecule has 0 radical (unpaired) electrons. The van der Waals surface area contributed by atoms with Gasteiger partial charge in [-0.05, 0) is 13.8 Å². The lowest BCUT2D eigenvalue weighted by Gasteiger charge is -2.31. The Morgan fingerprint density at radius 2 is 2.10 bits per heavy atom. The van der Waals surface area contributed by atoms with Crippen LogP contribution < -0.4 is 10.1 Å². The lowest BCUT2D eigenvalue weighted by Crippen LogP contribution is -2.36. The SMILES string of the molecule is CNc1cn2ccnc2c(OC2CC(C)OC(C)C2)n1. The van der Waals surface area contributed by atoms with E-state index in [1.54, 1.807) is 6.20 Å². The van der Waals surface area contributed by atoms with Crippen molar-refractivity contribution in [2.75, 3.05) is 12.4 Å². The van der Waals surface area contributed by atoms with Gasteiger partial charge in [-0.1, -0.05) is 0 Å². The highest BCUT2D eigenvalue weighted by Crippen LogP contribution is 2.26. The molecule has 0 aliphatic carbocycles. The fraction of sp³-hybridized carbons (Fsp3) is 0.571. The van der Waals surface area contributed by atoms with E-state index in [0.29, 0.717) is 5.88 Å². The van der Waals surface area contributed by atoms with Crippen LogP contribution in [0.4, 0.5) is 5.82 Å². The first-order chi connectivity index (χ1) is 9.65. The van der Waals surface area contributed by atoms with Gasteiger partial charge in [0, 0.05) is 32.3 Å². The summed E-state index contributed by atoms with van der Waals surface area (Å²) in [5.41, 5.74) is 0.746. The Morgan fingerprint density at radius 3 is 2.80 bits per heavy atom. The first kappa shape index (κ1) is 13.2. The minimum Gasteiger partial charge on any atom is -0.471 e. The molecule has 1 aliphatic heterocycles. The molecule has 1 saturated heterocycles. The van der Waals surface area contributed by atoms with Crippen LogP contribution in [0.2, 0.25) is 0 Å². The van der Waals surface area contributed by atoms with Crippen LogP contribution in [0.5, 0.6) is 5.88 Å². The molecule has 2 unspecified atom stereocenters. The molecule has 2 aromatic rings. The summed E-state index contributed by atoms with van der Waals surface area (Å²) in [4.78, 5) is 8.79. The van der Waals surface area contributed by atoms with Crippen molar-refractivity contribution in [3.05, 3.63) is 18.6 Å². The molecule has 1 fully saturated rings. The van der Waals surface area contributed by atoms with Gasteiger partial charge in [-0.3, -0.25) is 4.40 Å². The van der Waals surface area contributed by atoms with E-state index in [0.717, 1.165) is 24.3 Å². The van der Waals surface area contributed by atoms with Gasteiger partial charge in [0.05, 0.1) is 18.4 Å². The van der Waals surface area contributed by atoms with Crippen LogP contribution in [-0.4, -0.2) is 39.7 Å². The van der Waals surface area contributed by atoms with Crippen molar-refractivity contribution >= 4 is 11.5 Å². The summed E-state index contributed by atoms with van der Waals surface area (Å²) in [7, 11) is 1.84. The number of fused-ring (bicyclic) bond motifs is 1. The predicted molar refractivity (Wildman–Crippen MR) is 76.2 cm³/mol. The third-order valence-electron chi connectivity index (χ3n) is 3.53. The Hall–Kier alpha value is -1.82. The standard InChI is InChI=1S/C14H20N4O2/c1-9-6-11(7-10(2)19-9)20-14-13-16-4-5-18(13)8-12(15-3)17-14/h4-5,8-11,15H,6-7H2,1-3H3. The van der Waals surface area contributed by atoms with Gasteiger partial charge in [0.25, 0.3) is 5.88 Å². The van der Waals surface area contributed by atoms with Crippen LogP contribution in [0.25, 0.3) is 5.65 Å². The Labute approximate surface area is 118 Å². The number of hydrogen-bond donors (Lipinski definition) is 1. The molecule has 3 rings (SSSR count). The Balaban J connectivity index is 1.87. The van der Waals surface area contributed by atoms with Crippen molar-refractivity contribution in [1.29, 1.82) is 0 Å². The fourth-order valence-corrected chi connectivity index (χ4v) is 2.70. The zero-order valence-corrected chi connectivity index (χ0v) is 12.0. The zero-order valence-electron chi connectivity index (χ0n) is 12.0. The quantitative estimate of drug-likeness (QED) is 0.930. The van der Waals surface area contributed by atoms with E-state index in [1.807, 2.05) is 23.8 Å². The van der Waals surface area contributed by atoms with Crippen molar-refractivity contribution in [3.8, 4) is 5.88 Å². The fourth-order valence-electron chi connectivity index (χ4n) is 2.70. The van der Waals surface area contributed by atoms with Gasteiger partial charge in [-0.2, -0.15) is 4.98 Å². The molecule has 6 heteroatoms.